The molecule has 0 unspecified atom stereocenters. The Hall–Kier alpha value is -1.39. The molecule has 90 valence electrons. The van der Waals surface area contributed by atoms with Crippen LogP contribution in [0.25, 0.3) is 11.3 Å². The van der Waals surface area contributed by atoms with E-state index < -0.39 is 0 Å². The minimum Gasteiger partial charge on any atom is -0.330 e. The summed E-state index contributed by atoms with van der Waals surface area (Å²) >= 11 is 5.88. The molecule has 3 nitrogen and oxygen atoms in total. The fourth-order valence-corrected chi connectivity index (χ4v) is 1.89. The Morgan fingerprint density at radius 3 is 2.94 bits per heavy atom. The molecule has 0 spiro atoms. The highest BCUT2D eigenvalue weighted by Gasteiger charge is 2.12. The number of nitrogens with one attached hydrogen (secondary N) is 1. The van der Waals surface area contributed by atoms with Crippen LogP contribution in [0, 0.1) is 5.82 Å². The predicted molar refractivity (Wildman–Crippen MR) is 66.4 cm³/mol. The van der Waals surface area contributed by atoms with Gasteiger partial charge in [-0.1, -0.05) is 11.6 Å². The molecule has 1 aromatic carbocycles. The highest BCUT2D eigenvalue weighted by atomic mass is 35.5. The van der Waals surface area contributed by atoms with Crippen molar-refractivity contribution in [1.82, 2.24) is 14.9 Å². The van der Waals surface area contributed by atoms with Gasteiger partial charge in [0.1, 0.15) is 11.6 Å². The number of rotatable bonds is 3. The molecular formula is C12H13ClFN3. The third kappa shape index (κ3) is 2.33. The van der Waals surface area contributed by atoms with E-state index in [0.29, 0.717) is 17.1 Å². The van der Waals surface area contributed by atoms with Crippen molar-refractivity contribution < 1.29 is 4.39 Å². The summed E-state index contributed by atoms with van der Waals surface area (Å²) in [6, 6.07) is 4.50. The van der Waals surface area contributed by atoms with E-state index in [2.05, 4.69) is 10.3 Å². The van der Waals surface area contributed by atoms with Crippen LogP contribution in [0.4, 0.5) is 4.39 Å². The molecule has 0 fully saturated rings. The van der Waals surface area contributed by atoms with Gasteiger partial charge in [-0.15, -0.1) is 0 Å². The van der Waals surface area contributed by atoms with E-state index in [4.69, 9.17) is 11.6 Å². The first kappa shape index (κ1) is 12.1. The highest BCUT2D eigenvalue weighted by molar-refractivity contribution is 6.30. The van der Waals surface area contributed by atoms with E-state index in [1.807, 2.05) is 18.7 Å². The molecule has 1 heterocycles. The highest BCUT2D eigenvalue weighted by Crippen LogP contribution is 2.26. The molecule has 0 radical (unpaired) electrons. The lowest BCUT2D eigenvalue weighted by atomic mass is 10.1. The van der Waals surface area contributed by atoms with Gasteiger partial charge < -0.3 is 9.88 Å². The van der Waals surface area contributed by atoms with Crippen LogP contribution in [0.15, 0.2) is 24.4 Å². The Kier molecular flexibility index (Phi) is 3.45. The second kappa shape index (κ2) is 4.85. The molecule has 17 heavy (non-hydrogen) atoms. The third-order valence-electron chi connectivity index (χ3n) is 2.62. The standard InChI is InChI=1S/C12H13ClFN3/c1-15-7-12-16-6-11(17(12)2)9-5-8(13)3-4-10(9)14/h3-6,15H,7H2,1-2H3. The van der Waals surface area contributed by atoms with Gasteiger partial charge in [-0.25, -0.2) is 9.37 Å². The largest absolute Gasteiger partial charge is 0.330 e. The van der Waals surface area contributed by atoms with Gasteiger partial charge in [0.15, 0.2) is 0 Å². The summed E-state index contributed by atoms with van der Waals surface area (Å²) < 4.78 is 15.6. The average Bonchev–Trinajstić information content (AvgIpc) is 2.65. The van der Waals surface area contributed by atoms with Gasteiger partial charge in [0.05, 0.1) is 18.4 Å². The third-order valence-corrected chi connectivity index (χ3v) is 2.86. The fraction of sp³-hybridized carbons (Fsp3) is 0.250. The molecule has 0 aliphatic heterocycles. The van der Waals surface area contributed by atoms with Crippen molar-refractivity contribution in [2.75, 3.05) is 7.05 Å². The average molecular weight is 254 g/mol. The fourth-order valence-electron chi connectivity index (χ4n) is 1.71. The van der Waals surface area contributed by atoms with E-state index >= 15 is 0 Å². The van der Waals surface area contributed by atoms with Crippen molar-refractivity contribution in [2.24, 2.45) is 7.05 Å². The molecule has 2 rings (SSSR count). The van der Waals surface area contributed by atoms with Gasteiger partial charge in [0.2, 0.25) is 0 Å². The molecule has 0 saturated carbocycles. The summed E-state index contributed by atoms with van der Waals surface area (Å²) in [6.07, 6.45) is 1.65. The second-order valence-electron chi connectivity index (χ2n) is 3.77. The normalized spacial score (nSPS) is 10.8. The minimum absolute atomic E-state index is 0.298. The van der Waals surface area contributed by atoms with Gasteiger partial charge in [0, 0.05) is 17.6 Å². The monoisotopic (exact) mass is 253 g/mol. The van der Waals surface area contributed by atoms with Gasteiger partial charge in [0.25, 0.3) is 0 Å². The molecule has 0 aliphatic rings. The first-order valence-corrected chi connectivity index (χ1v) is 5.62. The van der Waals surface area contributed by atoms with Gasteiger partial charge >= 0.3 is 0 Å². The Morgan fingerprint density at radius 1 is 1.47 bits per heavy atom. The molecule has 5 heteroatoms. The number of benzene rings is 1. The van der Waals surface area contributed by atoms with E-state index in [1.54, 1.807) is 12.3 Å². The minimum atomic E-state index is -0.298. The van der Waals surface area contributed by atoms with Gasteiger partial charge in [-0.2, -0.15) is 0 Å². The summed E-state index contributed by atoms with van der Waals surface area (Å²) in [5, 5.41) is 3.52. The SMILES string of the molecule is CNCc1ncc(-c2cc(Cl)ccc2F)n1C. The molecule has 2 aromatic rings. The smallest absolute Gasteiger partial charge is 0.132 e. The summed E-state index contributed by atoms with van der Waals surface area (Å²) in [5.41, 5.74) is 1.19. The van der Waals surface area contributed by atoms with Crippen molar-refractivity contribution in [2.45, 2.75) is 6.54 Å². The van der Waals surface area contributed by atoms with Crippen LogP contribution in [0.3, 0.4) is 0 Å². The molecular weight excluding hydrogens is 241 g/mol. The van der Waals surface area contributed by atoms with E-state index in [-0.39, 0.29) is 5.82 Å². The first-order valence-electron chi connectivity index (χ1n) is 5.24. The summed E-state index contributed by atoms with van der Waals surface area (Å²) in [6.45, 7) is 0.638. The zero-order valence-electron chi connectivity index (χ0n) is 9.67. The lowest BCUT2D eigenvalue weighted by Gasteiger charge is -2.07. The van der Waals surface area contributed by atoms with E-state index in [0.717, 1.165) is 11.5 Å². The van der Waals surface area contributed by atoms with Gasteiger partial charge in [-0.3, -0.25) is 0 Å². The van der Waals surface area contributed by atoms with Crippen molar-refractivity contribution in [3.63, 3.8) is 0 Å². The molecule has 0 saturated heterocycles. The van der Waals surface area contributed by atoms with Crippen LogP contribution in [0.2, 0.25) is 5.02 Å². The molecule has 0 bridgehead atoms. The number of hydrogen-bond donors (Lipinski definition) is 1. The topological polar surface area (TPSA) is 29.9 Å². The van der Waals surface area contributed by atoms with Crippen LogP contribution in [0.5, 0.6) is 0 Å². The zero-order chi connectivity index (χ0) is 12.4. The molecule has 0 aliphatic carbocycles. The number of halogens is 2. The first-order chi connectivity index (χ1) is 8.13. The Bertz CT molecular complexity index is 537. The Labute approximate surface area is 104 Å². The maximum absolute atomic E-state index is 13.7. The quantitative estimate of drug-likeness (QED) is 0.911. The zero-order valence-corrected chi connectivity index (χ0v) is 10.4. The van der Waals surface area contributed by atoms with E-state index in [9.17, 15) is 4.39 Å². The number of imidazole rings is 1. The summed E-state index contributed by atoms with van der Waals surface area (Å²) in [5.74, 6) is 0.551. The molecule has 0 atom stereocenters. The molecule has 0 amide bonds. The second-order valence-corrected chi connectivity index (χ2v) is 4.21. The van der Waals surface area contributed by atoms with Crippen LogP contribution in [0.1, 0.15) is 5.82 Å². The Morgan fingerprint density at radius 2 is 2.24 bits per heavy atom. The summed E-state index contributed by atoms with van der Waals surface area (Å²) in [7, 11) is 3.70. The molecule has 1 N–H and O–H groups in total. The lowest BCUT2D eigenvalue weighted by molar-refractivity contribution is 0.628. The van der Waals surface area contributed by atoms with Crippen LogP contribution < -0.4 is 5.32 Å². The number of aromatic nitrogens is 2. The number of hydrogen-bond acceptors (Lipinski definition) is 2. The van der Waals surface area contributed by atoms with Crippen LogP contribution >= 0.6 is 11.6 Å². The maximum atomic E-state index is 13.7. The van der Waals surface area contributed by atoms with Crippen molar-refractivity contribution in [1.29, 1.82) is 0 Å². The van der Waals surface area contributed by atoms with Crippen LogP contribution in [-0.4, -0.2) is 16.6 Å². The summed E-state index contributed by atoms with van der Waals surface area (Å²) in [4.78, 5) is 4.24. The maximum Gasteiger partial charge on any atom is 0.132 e. The van der Waals surface area contributed by atoms with E-state index in [1.165, 1.54) is 12.1 Å². The van der Waals surface area contributed by atoms with Crippen LogP contribution in [-0.2, 0) is 13.6 Å². The lowest BCUT2D eigenvalue weighted by Crippen LogP contribution is -2.10. The van der Waals surface area contributed by atoms with Crippen molar-refractivity contribution in [3.8, 4) is 11.3 Å². The van der Waals surface area contributed by atoms with Crippen molar-refractivity contribution >= 4 is 11.6 Å². The van der Waals surface area contributed by atoms with Gasteiger partial charge in [-0.05, 0) is 25.2 Å². The molecule has 1 aromatic heterocycles. The number of nitrogens with zero attached hydrogens (tertiary/aromatic N) is 2. The predicted octanol–water partition coefficient (Wildman–Crippen LogP) is 2.60. The van der Waals surface area contributed by atoms with Crippen molar-refractivity contribution in [3.05, 3.63) is 41.1 Å². The Balaban J connectivity index is 2.49.